The number of hydrogen-bond donors (Lipinski definition) is 1. The van der Waals surface area contributed by atoms with E-state index in [1.54, 1.807) is 18.9 Å². The number of rotatable bonds is 6. The smallest absolute Gasteiger partial charge is 0.230 e. The van der Waals surface area contributed by atoms with Crippen molar-refractivity contribution >= 4 is 17.7 Å². The molecule has 3 nitrogen and oxygen atoms in total. The largest absolute Gasteiger partial charge is 0.496 e. The number of nitrogens with one attached hydrogen (secondary N) is 1. The maximum Gasteiger partial charge on any atom is 0.230 e. The zero-order chi connectivity index (χ0) is 17.8. The average molecular weight is 356 g/mol. The van der Waals surface area contributed by atoms with Crippen molar-refractivity contribution in [1.29, 1.82) is 0 Å². The van der Waals surface area contributed by atoms with E-state index in [2.05, 4.69) is 29.6 Å². The number of hydrogen-bond acceptors (Lipinski definition) is 3. The highest BCUT2D eigenvalue weighted by molar-refractivity contribution is 8.00. The zero-order valence-electron chi connectivity index (χ0n) is 15.1. The fourth-order valence-electron chi connectivity index (χ4n) is 3.34. The molecule has 3 rings (SSSR count). The van der Waals surface area contributed by atoms with Crippen LogP contribution in [0.2, 0.25) is 0 Å². The predicted molar refractivity (Wildman–Crippen MR) is 103 cm³/mol. The molecule has 2 aromatic rings. The lowest BCUT2D eigenvalue weighted by Crippen LogP contribution is -2.28. The van der Waals surface area contributed by atoms with Crippen molar-refractivity contribution < 1.29 is 9.53 Å². The van der Waals surface area contributed by atoms with Crippen LogP contribution in [0.25, 0.3) is 0 Å². The molecule has 4 heteroatoms. The molecule has 1 atom stereocenters. The molecule has 0 radical (unpaired) electrons. The van der Waals surface area contributed by atoms with Crippen LogP contribution in [0.15, 0.2) is 41.3 Å². The summed E-state index contributed by atoms with van der Waals surface area (Å²) in [5.41, 5.74) is 5.08. The molecule has 0 bridgehead atoms. The Kier molecular flexibility index (Phi) is 5.69. The summed E-state index contributed by atoms with van der Waals surface area (Å²) in [6.07, 6.45) is 3.61. The number of aryl methyl sites for hydroxylation is 3. The third kappa shape index (κ3) is 4.37. The summed E-state index contributed by atoms with van der Waals surface area (Å²) in [6.45, 7) is 4.04. The molecule has 0 aliphatic heterocycles. The number of amides is 1. The predicted octanol–water partition coefficient (Wildman–Crippen LogP) is 4.46. The van der Waals surface area contributed by atoms with Gasteiger partial charge in [0, 0.05) is 10.5 Å². The van der Waals surface area contributed by atoms with Gasteiger partial charge in [-0.15, -0.1) is 11.8 Å². The maximum atomic E-state index is 12.3. The summed E-state index contributed by atoms with van der Waals surface area (Å²) >= 11 is 1.60. The number of carbonyl (C=O) groups excluding carboxylic acids is 1. The van der Waals surface area contributed by atoms with E-state index in [0.717, 1.165) is 16.9 Å². The molecule has 132 valence electrons. The van der Waals surface area contributed by atoms with Gasteiger partial charge in [-0.1, -0.05) is 23.8 Å². The maximum absolute atomic E-state index is 12.3. The average Bonchev–Trinajstić information content (AvgIpc) is 3.07. The van der Waals surface area contributed by atoms with Gasteiger partial charge in [0.05, 0.1) is 18.9 Å². The van der Waals surface area contributed by atoms with Gasteiger partial charge in [0.25, 0.3) is 0 Å². The van der Waals surface area contributed by atoms with Crippen LogP contribution in [-0.2, 0) is 17.6 Å². The Labute approximate surface area is 154 Å². The fraction of sp³-hybridized carbons (Fsp3) is 0.381. The van der Waals surface area contributed by atoms with Crippen LogP contribution in [0.5, 0.6) is 5.75 Å². The quantitative estimate of drug-likeness (QED) is 0.778. The van der Waals surface area contributed by atoms with Crippen LogP contribution in [0.3, 0.4) is 0 Å². The Hall–Kier alpha value is -1.94. The molecule has 0 saturated carbocycles. The van der Waals surface area contributed by atoms with Gasteiger partial charge in [-0.25, -0.2) is 0 Å². The van der Waals surface area contributed by atoms with Gasteiger partial charge >= 0.3 is 0 Å². The molecule has 0 aromatic heterocycles. The Morgan fingerprint density at radius 1 is 1.20 bits per heavy atom. The van der Waals surface area contributed by atoms with E-state index in [0.29, 0.717) is 5.75 Å². The molecule has 0 spiro atoms. The van der Waals surface area contributed by atoms with Gasteiger partial charge in [0.1, 0.15) is 5.75 Å². The van der Waals surface area contributed by atoms with Gasteiger partial charge in [-0.3, -0.25) is 4.79 Å². The van der Waals surface area contributed by atoms with Crippen LogP contribution >= 0.6 is 11.8 Å². The highest BCUT2D eigenvalue weighted by atomic mass is 32.2. The topological polar surface area (TPSA) is 38.3 Å². The zero-order valence-corrected chi connectivity index (χ0v) is 15.9. The van der Waals surface area contributed by atoms with Crippen molar-refractivity contribution in [2.24, 2.45) is 0 Å². The van der Waals surface area contributed by atoms with Crippen molar-refractivity contribution in [2.75, 3.05) is 12.9 Å². The first kappa shape index (κ1) is 17.9. The number of fused-ring (bicyclic) bond motifs is 1. The molecule has 1 N–H and O–H groups in total. The highest BCUT2D eigenvalue weighted by Crippen LogP contribution is 2.28. The Bertz CT molecular complexity index is 772. The first-order valence-corrected chi connectivity index (χ1v) is 9.74. The third-order valence-corrected chi connectivity index (χ3v) is 5.66. The molecular formula is C21H25NO2S. The van der Waals surface area contributed by atoms with Crippen molar-refractivity contribution in [2.45, 2.75) is 44.0 Å². The molecule has 0 unspecified atom stereocenters. The van der Waals surface area contributed by atoms with Gasteiger partial charge in [0.15, 0.2) is 0 Å². The lowest BCUT2D eigenvalue weighted by atomic mass is 10.0. The standard InChI is InChI=1S/C21H25NO2S/c1-14-7-10-20(24-3)19(11-14)15(2)22-21(23)13-25-18-9-8-16-5-4-6-17(16)12-18/h7-12,15H,4-6,13H2,1-3H3,(H,22,23)/t15-/m1/s1. The number of carbonyl (C=O) groups is 1. The van der Waals surface area contributed by atoms with Crippen LogP contribution in [0, 0.1) is 6.92 Å². The SMILES string of the molecule is COc1ccc(C)cc1[C@@H](C)NC(=O)CSc1ccc2c(c1)CCC2. The molecule has 2 aromatic carbocycles. The van der Waals surface area contributed by atoms with Crippen LogP contribution < -0.4 is 10.1 Å². The second-order valence-corrected chi connectivity index (χ2v) is 7.66. The highest BCUT2D eigenvalue weighted by Gasteiger charge is 2.15. The van der Waals surface area contributed by atoms with Gasteiger partial charge in [-0.2, -0.15) is 0 Å². The Balaban J connectivity index is 1.58. The molecule has 1 aliphatic rings. The Morgan fingerprint density at radius 3 is 2.80 bits per heavy atom. The van der Waals surface area contributed by atoms with E-state index in [-0.39, 0.29) is 11.9 Å². The number of thioether (sulfide) groups is 1. The summed E-state index contributed by atoms with van der Waals surface area (Å²) in [6, 6.07) is 12.5. The molecule has 0 fully saturated rings. The lowest BCUT2D eigenvalue weighted by Gasteiger charge is -2.18. The summed E-state index contributed by atoms with van der Waals surface area (Å²) in [7, 11) is 1.66. The van der Waals surface area contributed by atoms with Crippen LogP contribution in [0.4, 0.5) is 0 Å². The van der Waals surface area contributed by atoms with Crippen LogP contribution in [0.1, 0.15) is 41.6 Å². The van der Waals surface area contributed by atoms with E-state index in [1.165, 1.54) is 35.3 Å². The molecule has 1 amide bonds. The van der Waals surface area contributed by atoms with Crippen molar-refractivity contribution in [3.8, 4) is 5.75 Å². The van der Waals surface area contributed by atoms with Crippen molar-refractivity contribution in [3.05, 3.63) is 58.7 Å². The van der Waals surface area contributed by atoms with Gasteiger partial charge in [-0.05, 0) is 62.4 Å². The first-order chi connectivity index (χ1) is 12.1. The molecule has 1 aliphatic carbocycles. The van der Waals surface area contributed by atoms with E-state index in [4.69, 9.17) is 4.74 Å². The molecule has 25 heavy (non-hydrogen) atoms. The number of ether oxygens (including phenoxy) is 1. The van der Waals surface area contributed by atoms with Gasteiger partial charge in [0.2, 0.25) is 5.91 Å². The van der Waals surface area contributed by atoms with E-state index >= 15 is 0 Å². The normalized spacial score (nSPS) is 14.0. The molecule has 0 saturated heterocycles. The fourth-order valence-corrected chi connectivity index (χ4v) is 4.11. The number of benzene rings is 2. The second kappa shape index (κ2) is 7.96. The molecular weight excluding hydrogens is 330 g/mol. The Morgan fingerprint density at radius 2 is 2.00 bits per heavy atom. The summed E-state index contributed by atoms with van der Waals surface area (Å²) < 4.78 is 5.42. The minimum absolute atomic E-state index is 0.0431. The van der Waals surface area contributed by atoms with E-state index < -0.39 is 0 Å². The summed E-state index contributed by atoms with van der Waals surface area (Å²) in [5, 5.41) is 3.08. The molecule has 0 heterocycles. The third-order valence-electron chi connectivity index (χ3n) is 4.67. The van der Waals surface area contributed by atoms with Crippen molar-refractivity contribution in [1.82, 2.24) is 5.32 Å². The minimum atomic E-state index is -0.0806. The second-order valence-electron chi connectivity index (χ2n) is 6.61. The monoisotopic (exact) mass is 355 g/mol. The summed E-state index contributed by atoms with van der Waals surface area (Å²) in [4.78, 5) is 13.5. The first-order valence-electron chi connectivity index (χ1n) is 8.75. The minimum Gasteiger partial charge on any atom is -0.496 e. The number of methoxy groups -OCH3 is 1. The van der Waals surface area contributed by atoms with E-state index in [9.17, 15) is 4.79 Å². The van der Waals surface area contributed by atoms with Gasteiger partial charge < -0.3 is 10.1 Å². The van der Waals surface area contributed by atoms with Crippen molar-refractivity contribution in [3.63, 3.8) is 0 Å². The van der Waals surface area contributed by atoms with Crippen LogP contribution in [-0.4, -0.2) is 18.8 Å². The van der Waals surface area contributed by atoms with E-state index in [1.807, 2.05) is 26.0 Å². The lowest BCUT2D eigenvalue weighted by molar-refractivity contribution is -0.119. The summed E-state index contributed by atoms with van der Waals surface area (Å²) in [5.74, 6) is 1.28.